The number of hydrogen-bond acceptors (Lipinski definition) is 5. The standard InChI is InChI=1S/C17H21N3O4S/c1-11-6-7-12(2)15(9-11)25(22,23)20-8-4-5-14(20)17(21)18-16-10-13(3)24-19-16/h6-7,9-10,14H,4-5,8H2,1-3H3,(H,18,19,21)/t14-/m0/s1. The van der Waals surface area contributed by atoms with Crippen molar-refractivity contribution in [3.63, 3.8) is 0 Å². The Labute approximate surface area is 147 Å². The number of aromatic nitrogens is 1. The Morgan fingerprint density at radius 3 is 2.72 bits per heavy atom. The van der Waals surface area contributed by atoms with Crippen LogP contribution < -0.4 is 5.32 Å². The molecule has 1 aromatic heterocycles. The zero-order valence-electron chi connectivity index (χ0n) is 14.4. The molecule has 2 heterocycles. The molecule has 1 aromatic carbocycles. The molecule has 8 heteroatoms. The highest BCUT2D eigenvalue weighted by Crippen LogP contribution is 2.29. The van der Waals surface area contributed by atoms with Crippen LogP contribution in [0.25, 0.3) is 0 Å². The lowest BCUT2D eigenvalue weighted by Gasteiger charge is -2.24. The molecule has 25 heavy (non-hydrogen) atoms. The molecule has 0 unspecified atom stereocenters. The summed E-state index contributed by atoms with van der Waals surface area (Å²) in [7, 11) is -3.74. The van der Waals surface area contributed by atoms with E-state index in [4.69, 9.17) is 4.52 Å². The van der Waals surface area contributed by atoms with Crippen molar-refractivity contribution in [2.24, 2.45) is 0 Å². The van der Waals surface area contributed by atoms with Gasteiger partial charge in [0.2, 0.25) is 15.9 Å². The van der Waals surface area contributed by atoms with E-state index in [1.54, 1.807) is 32.0 Å². The topological polar surface area (TPSA) is 92.5 Å². The molecule has 0 spiro atoms. The second-order valence-electron chi connectivity index (χ2n) is 6.35. The molecule has 1 fully saturated rings. The van der Waals surface area contributed by atoms with Gasteiger partial charge < -0.3 is 9.84 Å². The summed E-state index contributed by atoms with van der Waals surface area (Å²) in [6.07, 6.45) is 1.12. The molecule has 1 aliphatic heterocycles. The molecule has 1 N–H and O–H groups in total. The molecule has 1 amide bonds. The van der Waals surface area contributed by atoms with Crippen LogP contribution in [-0.4, -0.2) is 36.4 Å². The summed E-state index contributed by atoms with van der Waals surface area (Å²) in [6, 6.07) is 6.15. The second kappa shape index (κ2) is 6.61. The van der Waals surface area contributed by atoms with Crippen molar-refractivity contribution in [3.05, 3.63) is 41.2 Å². The van der Waals surface area contributed by atoms with E-state index in [0.29, 0.717) is 36.5 Å². The fraction of sp³-hybridized carbons (Fsp3) is 0.412. The zero-order valence-corrected chi connectivity index (χ0v) is 15.3. The third-order valence-electron chi connectivity index (χ3n) is 4.32. The van der Waals surface area contributed by atoms with E-state index < -0.39 is 16.1 Å². The molecule has 2 aromatic rings. The minimum Gasteiger partial charge on any atom is -0.360 e. The van der Waals surface area contributed by atoms with Crippen LogP contribution in [0, 0.1) is 20.8 Å². The Bertz CT molecular complexity index is 904. The highest BCUT2D eigenvalue weighted by Gasteiger charge is 2.40. The fourth-order valence-electron chi connectivity index (χ4n) is 3.04. The Hall–Kier alpha value is -2.19. The van der Waals surface area contributed by atoms with Crippen molar-refractivity contribution in [2.75, 3.05) is 11.9 Å². The van der Waals surface area contributed by atoms with Crippen LogP contribution in [0.2, 0.25) is 0 Å². The van der Waals surface area contributed by atoms with Gasteiger partial charge in [-0.15, -0.1) is 0 Å². The third kappa shape index (κ3) is 3.45. The number of benzene rings is 1. The Kier molecular flexibility index (Phi) is 4.66. The van der Waals surface area contributed by atoms with E-state index in [9.17, 15) is 13.2 Å². The summed E-state index contributed by atoms with van der Waals surface area (Å²) in [6.45, 7) is 5.65. The lowest BCUT2D eigenvalue weighted by Crippen LogP contribution is -2.43. The third-order valence-corrected chi connectivity index (χ3v) is 6.37. The predicted molar refractivity (Wildman–Crippen MR) is 92.7 cm³/mol. The van der Waals surface area contributed by atoms with Crippen molar-refractivity contribution in [2.45, 2.75) is 44.6 Å². The molecule has 0 radical (unpaired) electrons. The Morgan fingerprint density at radius 1 is 1.28 bits per heavy atom. The average Bonchev–Trinajstić information content (AvgIpc) is 3.19. The minimum absolute atomic E-state index is 0.254. The minimum atomic E-state index is -3.74. The quantitative estimate of drug-likeness (QED) is 0.900. The summed E-state index contributed by atoms with van der Waals surface area (Å²) < 4.78 is 32.4. The van der Waals surface area contributed by atoms with Gasteiger partial charge in [0.05, 0.1) is 4.90 Å². The first-order chi connectivity index (χ1) is 11.8. The second-order valence-corrected chi connectivity index (χ2v) is 8.21. The van der Waals surface area contributed by atoms with Crippen LogP contribution in [0.4, 0.5) is 5.82 Å². The van der Waals surface area contributed by atoms with Crippen molar-refractivity contribution < 1.29 is 17.7 Å². The van der Waals surface area contributed by atoms with Crippen LogP contribution in [0.1, 0.15) is 29.7 Å². The monoisotopic (exact) mass is 363 g/mol. The highest BCUT2D eigenvalue weighted by molar-refractivity contribution is 7.89. The van der Waals surface area contributed by atoms with Crippen molar-refractivity contribution in [1.82, 2.24) is 9.46 Å². The van der Waals surface area contributed by atoms with Gasteiger partial charge in [0, 0.05) is 12.6 Å². The van der Waals surface area contributed by atoms with Crippen molar-refractivity contribution >= 4 is 21.7 Å². The Balaban J connectivity index is 1.87. The first-order valence-corrected chi connectivity index (χ1v) is 9.56. The van der Waals surface area contributed by atoms with E-state index in [0.717, 1.165) is 5.56 Å². The van der Waals surface area contributed by atoms with Gasteiger partial charge in [-0.1, -0.05) is 17.3 Å². The number of amides is 1. The number of aryl methyl sites for hydroxylation is 3. The van der Waals surface area contributed by atoms with Crippen LogP contribution in [-0.2, 0) is 14.8 Å². The van der Waals surface area contributed by atoms with Gasteiger partial charge in [-0.3, -0.25) is 4.79 Å². The van der Waals surface area contributed by atoms with E-state index in [2.05, 4.69) is 10.5 Å². The van der Waals surface area contributed by atoms with Gasteiger partial charge in [0.1, 0.15) is 11.8 Å². The smallest absolute Gasteiger partial charge is 0.244 e. The molecule has 1 atom stereocenters. The lowest BCUT2D eigenvalue weighted by atomic mass is 10.2. The molecule has 7 nitrogen and oxygen atoms in total. The maximum Gasteiger partial charge on any atom is 0.244 e. The first kappa shape index (κ1) is 17.6. The number of carbonyl (C=O) groups is 1. The van der Waals surface area contributed by atoms with Crippen molar-refractivity contribution in [3.8, 4) is 0 Å². The van der Waals surface area contributed by atoms with Gasteiger partial charge in [0.25, 0.3) is 0 Å². The number of rotatable bonds is 4. The average molecular weight is 363 g/mol. The number of nitrogens with one attached hydrogen (secondary N) is 1. The largest absolute Gasteiger partial charge is 0.360 e. The number of hydrogen-bond donors (Lipinski definition) is 1. The molecule has 0 aliphatic carbocycles. The molecule has 1 saturated heterocycles. The summed E-state index contributed by atoms with van der Waals surface area (Å²) >= 11 is 0. The van der Waals surface area contributed by atoms with Gasteiger partial charge in [-0.2, -0.15) is 4.31 Å². The summed E-state index contributed by atoms with van der Waals surface area (Å²) in [5, 5.41) is 6.36. The molecular formula is C17H21N3O4S. The number of nitrogens with zero attached hydrogens (tertiary/aromatic N) is 2. The maximum atomic E-state index is 13.1. The maximum absolute atomic E-state index is 13.1. The van der Waals surface area contributed by atoms with E-state index in [-0.39, 0.29) is 10.8 Å². The van der Waals surface area contributed by atoms with Crippen LogP contribution in [0.15, 0.2) is 33.7 Å². The van der Waals surface area contributed by atoms with E-state index >= 15 is 0 Å². The summed E-state index contributed by atoms with van der Waals surface area (Å²) in [5.74, 6) is 0.472. The highest BCUT2D eigenvalue weighted by atomic mass is 32.2. The normalized spacial score (nSPS) is 18.4. The van der Waals surface area contributed by atoms with Crippen LogP contribution in [0.3, 0.4) is 0 Å². The summed E-state index contributed by atoms with van der Waals surface area (Å²) in [4.78, 5) is 12.8. The van der Waals surface area contributed by atoms with Gasteiger partial charge in [-0.25, -0.2) is 8.42 Å². The summed E-state index contributed by atoms with van der Waals surface area (Å²) in [5.41, 5.74) is 1.53. The number of sulfonamides is 1. The molecule has 3 rings (SSSR count). The number of anilines is 1. The molecule has 134 valence electrons. The van der Waals surface area contributed by atoms with E-state index in [1.165, 1.54) is 4.31 Å². The fourth-order valence-corrected chi connectivity index (χ4v) is 5.00. The van der Waals surface area contributed by atoms with E-state index in [1.807, 2.05) is 13.0 Å². The SMILES string of the molecule is Cc1ccc(C)c(S(=O)(=O)N2CCC[C@H]2C(=O)Nc2cc(C)on2)c1. The van der Waals surface area contributed by atoms with Crippen LogP contribution >= 0.6 is 0 Å². The van der Waals surface area contributed by atoms with Gasteiger partial charge >= 0.3 is 0 Å². The molecular weight excluding hydrogens is 342 g/mol. The van der Waals surface area contributed by atoms with Crippen LogP contribution in [0.5, 0.6) is 0 Å². The van der Waals surface area contributed by atoms with Gasteiger partial charge in [-0.05, 0) is 50.8 Å². The zero-order chi connectivity index (χ0) is 18.2. The molecule has 1 aliphatic rings. The van der Waals surface area contributed by atoms with Gasteiger partial charge in [0.15, 0.2) is 5.82 Å². The van der Waals surface area contributed by atoms with Crippen molar-refractivity contribution in [1.29, 1.82) is 0 Å². The predicted octanol–water partition coefficient (Wildman–Crippen LogP) is 2.39. The Morgan fingerprint density at radius 2 is 2.04 bits per heavy atom. The lowest BCUT2D eigenvalue weighted by molar-refractivity contribution is -0.119. The first-order valence-electron chi connectivity index (χ1n) is 8.12. The molecule has 0 bridgehead atoms. The number of carbonyl (C=O) groups excluding carboxylic acids is 1. The molecule has 0 saturated carbocycles.